The smallest absolute Gasteiger partial charge is 0.241 e. The summed E-state index contributed by atoms with van der Waals surface area (Å²) in [6, 6.07) is 10.5. The highest BCUT2D eigenvalue weighted by Crippen LogP contribution is 2.23. The van der Waals surface area contributed by atoms with Crippen molar-refractivity contribution in [1.29, 1.82) is 0 Å². The van der Waals surface area contributed by atoms with Crippen molar-refractivity contribution in [2.45, 2.75) is 44.2 Å². The molecular formula is C19H24N2O4S. The number of benzene rings is 2. The number of aldehydes is 1. The van der Waals surface area contributed by atoms with Crippen molar-refractivity contribution in [3.8, 4) is 0 Å². The predicted octanol–water partition coefficient (Wildman–Crippen LogP) is 2.24. The third-order valence-electron chi connectivity index (χ3n) is 4.39. The lowest BCUT2D eigenvalue weighted by atomic mass is 9.99. The largest absolute Gasteiger partial charge is 0.345 e. The Labute approximate surface area is 154 Å². The molecule has 0 bridgehead atoms. The Bertz CT molecular complexity index is 890. The molecule has 0 saturated carbocycles. The van der Waals surface area contributed by atoms with Crippen LogP contribution >= 0.6 is 0 Å². The molecule has 0 saturated heterocycles. The van der Waals surface area contributed by atoms with Gasteiger partial charge in [-0.2, -0.15) is 4.72 Å². The zero-order valence-corrected chi connectivity index (χ0v) is 15.9. The quantitative estimate of drug-likeness (QED) is 0.691. The Hall–Kier alpha value is -2.25. The number of fused-ring (bicyclic) bond motifs is 1. The molecule has 140 valence electrons. The van der Waals surface area contributed by atoms with Gasteiger partial charge in [-0.15, -0.1) is 0 Å². The molecule has 3 atom stereocenters. The van der Waals surface area contributed by atoms with E-state index in [0.29, 0.717) is 18.1 Å². The maximum atomic E-state index is 13.0. The summed E-state index contributed by atoms with van der Waals surface area (Å²) in [5.74, 6) is -0.749. The molecular weight excluding hydrogens is 352 g/mol. The topological polar surface area (TPSA) is 92.3 Å². The molecule has 0 aromatic heterocycles. The van der Waals surface area contributed by atoms with Crippen LogP contribution in [0.5, 0.6) is 0 Å². The number of hydrogen-bond acceptors (Lipinski definition) is 4. The summed E-state index contributed by atoms with van der Waals surface area (Å²) >= 11 is 0. The fraction of sp³-hybridized carbons (Fsp3) is 0.368. The first-order valence-electron chi connectivity index (χ1n) is 8.56. The zero-order valence-electron chi connectivity index (χ0n) is 15.1. The van der Waals surface area contributed by atoms with E-state index >= 15 is 0 Å². The number of carbonyl (C=O) groups is 2. The number of sulfonamides is 1. The van der Waals surface area contributed by atoms with Crippen LogP contribution in [0.3, 0.4) is 0 Å². The maximum Gasteiger partial charge on any atom is 0.241 e. The van der Waals surface area contributed by atoms with E-state index in [9.17, 15) is 18.0 Å². The Morgan fingerprint density at radius 3 is 2.42 bits per heavy atom. The molecule has 26 heavy (non-hydrogen) atoms. The monoisotopic (exact) mass is 376 g/mol. The second-order valence-electron chi connectivity index (χ2n) is 6.40. The molecule has 0 spiro atoms. The van der Waals surface area contributed by atoms with Crippen molar-refractivity contribution in [2.75, 3.05) is 0 Å². The minimum absolute atomic E-state index is 0.125. The first kappa shape index (κ1) is 20.1. The predicted molar refractivity (Wildman–Crippen MR) is 101 cm³/mol. The van der Waals surface area contributed by atoms with Crippen molar-refractivity contribution >= 4 is 33.0 Å². The Balaban J connectivity index is 2.39. The summed E-state index contributed by atoms with van der Waals surface area (Å²) in [7, 11) is -3.93. The summed E-state index contributed by atoms with van der Waals surface area (Å²) in [6.45, 7) is 5.21. The lowest BCUT2D eigenvalue weighted by Crippen LogP contribution is -2.52. The highest BCUT2D eigenvalue weighted by molar-refractivity contribution is 7.89. The SMILES string of the molecule is CC[C@H](C)[C@H](NS(=O)(=O)c1cccc2ccccc12)C(=O)N[C@@H](C)C=O. The second-order valence-corrected chi connectivity index (χ2v) is 8.08. The summed E-state index contributed by atoms with van der Waals surface area (Å²) in [5.41, 5.74) is 0. The lowest BCUT2D eigenvalue weighted by Gasteiger charge is -2.24. The fourth-order valence-electron chi connectivity index (χ4n) is 2.67. The molecule has 0 radical (unpaired) electrons. The summed E-state index contributed by atoms with van der Waals surface area (Å²) in [4.78, 5) is 23.4. The molecule has 0 heterocycles. The van der Waals surface area contributed by atoms with Gasteiger partial charge in [0, 0.05) is 5.39 Å². The molecule has 1 amide bonds. The molecule has 0 aliphatic rings. The van der Waals surface area contributed by atoms with Crippen LogP contribution in [-0.4, -0.2) is 32.7 Å². The van der Waals surface area contributed by atoms with Gasteiger partial charge >= 0.3 is 0 Å². The molecule has 0 aliphatic carbocycles. The Kier molecular flexibility index (Phi) is 6.50. The van der Waals surface area contributed by atoms with Crippen LogP contribution < -0.4 is 10.0 Å². The van der Waals surface area contributed by atoms with Gasteiger partial charge in [0.15, 0.2) is 0 Å². The van der Waals surface area contributed by atoms with E-state index in [2.05, 4.69) is 10.0 Å². The van der Waals surface area contributed by atoms with Crippen LogP contribution in [0.4, 0.5) is 0 Å². The first-order chi connectivity index (χ1) is 12.3. The van der Waals surface area contributed by atoms with Crippen LogP contribution in [0.2, 0.25) is 0 Å². The van der Waals surface area contributed by atoms with E-state index in [1.54, 1.807) is 25.1 Å². The van der Waals surface area contributed by atoms with E-state index < -0.39 is 28.0 Å². The number of carbonyl (C=O) groups excluding carboxylic acids is 2. The standard InChI is InChI=1S/C19H24N2O4S/c1-4-13(2)18(19(23)20-14(3)12-22)21-26(24,25)17-11-7-9-15-8-5-6-10-16(15)17/h5-14,18,21H,4H2,1-3H3,(H,20,23)/t13-,14-,18-/m0/s1. The van der Waals surface area contributed by atoms with Gasteiger partial charge in [-0.25, -0.2) is 8.42 Å². The van der Waals surface area contributed by atoms with Crippen molar-refractivity contribution in [3.63, 3.8) is 0 Å². The van der Waals surface area contributed by atoms with Gasteiger partial charge in [0.05, 0.1) is 10.9 Å². The van der Waals surface area contributed by atoms with E-state index in [1.165, 1.54) is 13.0 Å². The van der Waals surface area contributed by atoms with E-state index in [4.69, 9.17) is 0 Å². The third-order valence-corrected chi connectivity index (χ3v) is 5.89. The highest BCUT2D eigenvalue weighted by atomic mass is 32.2. The molecule has 2 N–H and O–H groups in total. The summed E-state index contributed by atoms with van der Waals surface area (Å²) in [6.07, 6.45) is 1.20. The van der Waals surface area contributed by atoms with Crippen molar-refractivity contribution in [2.24, 2.45) is 5.92 Å². The van der Waals surface area contributed by atoms with Gasteiger partial charge in [0.25, 0.3) is 0 Å². The number of nitrogens with one attached hydrogen (secondary N) is 2. The average molecular weight is 376 g/mol. The van der Waals surface area contributed by atoms with Gasteiger partial charge < -0.3 is 10.1 Å². The number of rotatable bonds is 8. The molecule has 7 heteroatoms. The van der Waals surface area contributed by atoms with Gasteiger partial charge in [0.2, 0.25) is 15.9 Å². The van der Waals surface area contributed by atoms with Gasteiger partial charge in [-0.1, -0.05) is 56.7 Å². The van der Waals surface area contributed by atoms with E-state index in [0.717, 1.165) is 5.39 Å². The lowest BCUT2D eigenvalue weighted by molar-refractivity contribution is -0.126. The maximum absolute atomic E-state index is 13.0. The van der Waals surface area contributed by atoms with Crippen molar-refractivity contribution in [3.05, 3.63) is 42.5 Å². The van der Waals surface area contributed by atoms with Gasteiger partial charge in [0.1, 0.15) is 12.3 Å². The third kappa shape index (κ3) is 4.47. The van der Waals surface area contributed by atoms with Gasteiger partial charge in [-0.3, -0.25) is 4.79 Å². The Morgan fingerprint density at radius 1 is 1.12 bits per heavy atom. The molecule has 6 nitrogen and oxygen atoms in total. The van der Waals surface area contributed by atoms with E-state index in [1.807, 2.05) is 25.1 Å². The number of amides is 1. The zero-order chi connectivity index (χ0) is 19.3. The van der Waals surface area contributed by atoms with Crippen molar-refractivity contribution in [1.82, 2.24) is 10.0 Å². The van der Waals surface area contributed by atoms with Gasteiger partial charge in [-0.05, 0) is 24.3 Å². The van der Waals surface area contributed by atoms with E-state index in [-0.39, 0.29) is 10.8 Å². The normalized spacial score (nSPS) is 15.2. The number of hydrogen-bond donors (Lipinski definition) is 2. The fourth-order valence-corrected chi connectivity index (χ4v) is 4.21. The molecule has 2 aromatic rings. The van der Waals surface area contributed by atoms with Crippen LogP contribution in [0.1, 0.15) is 27.2 Å². The van der Waals surface area contributed by atoms with Crippen LogP contribution in [0.15, 0.2) is 47.4 Å². The van der Waals surface area contributed by atoms with Crippen LogP contribution in [-0.2, 0) is 19.6 Å². The molecule has 0 fully saturated rings. The highest BCUT2D eigenvalue weighted by Gasteiger charge is 2.30. The Morgan fingerprint density at radius 2 is 1.77 bits per heavy atom. The summed E-state index contributed by atoms with van der Waals surface area (Å²) in [5, 5.41) is 3.91. The minimum atomic E-state index is -3.93. The minimum Gasteiger partial charge on any atom is -0.345 e. The van der Waals surface area contributed by atoms with Crippen LogP contribution in [0, 0.1) is 5.92 Å². The second kappa shape index (κ2) is 8.42. The first-order valence-corrected chi connectivity index (χ1v) is 10.0. The molecule has 0 aliphatic heterocycles. The van der Waals surface area contributed by atoms with Crippen molar-refractivity contribution < 1.29 is 18.0 Å². The molecule has 0 unspecified atom stereocenters. The average Bonchev–Trinajstić information content (AvgIpc) is 2.64. The summed E-state index contributed by atoms with van der Waals surface area (Å²) < 4.78 is 28.5. The molecule has 2 rings (SSSR count). The van der Waals surface area contributed by atoms with Crippen LogP contribution in [0.25, 0.3) is 10.8 Å². The molecule has 2 aromatic carbocycles.